The zero-order chi connectivity index (χ0) is 20.9. The fourth-order valence-corrected chi connectivity index (χ4v) is 4.75. The van der Waals surface area contributed by atoms with Gasteiger partial charge in [-0.15, -0.1) is 0 Å². The van der Waals surface area contributed by atoms with E-state index >= 15 is 0 Å². The first-order valence-electron chi connectivity index (χ1n) is 11.6. The van der Waals surface area contributed by atoms with Crippen molar-refractivity contribution in [2.45, 2.75) is 64.3 Å². The molecule has 4 rings (SSSR count). The molecule has 0 saturated heterocycles. The molecular weight excluding hydrogens is 370 g/mol. The van der Waals surface area contributed by atoms with Crippen LogP contribution >= 0.6 is 0 Å². The number of carbonyl (C=O) groups is 1. The van der Waals surface area contributed by atoms with Gasteiger partial charge < -0.3 is 4.90 Å². The molecule has 1 aliphatic carbocycles. The summed E-state index contributed by atoms with van der Waals surface area (Å²) in [5.74, 6) is 0.0291. The minimum Gasteiger partial charge on any atom is -0.317 e. The predicted molar refractivity (Wildman–Crippen MR) is 124 cm³/mol. The average Bonchev–Trinajstić information content (AvgIpc) is 3.05. The van der Waals surface area contributed by atoms with Gasteiger partial charge in [0.25, 0.3) is 5.91 Å². The van der Waals surface area contributed by atoms with E-state index in [1.54, 1.807) is 0 Å². The van der Waals surface area contributed by atoms with Crippen molar-refractivity contribution < 1.29 is 9.69 Å². The Bertz CT molecular complexity index is 897. The number of para-hydroxylation sites is 1. The second-order valence-electron chi connectivity index (χ2n) is 8.82. The van der Waals surface area contributed by atoms with Crippen LogP contribution in [0.4, 0.5) is 11.4 Å². The zero-order valence-electron chi connectivity index (χ0n) is 18.4. The van der Waals surface area contributed by atoms with Gasteiger partial charge in [-0.1, -0.05) is 50.1 Å². The van der Waals surface area contributed by atoms with E-state index in [0.717, 1.165) is 23.4 Å². The van der Waals surface area contributed by atoms with Gasteiger partial charge in [-0.25, -0.2) is 4.99 Å². The number of quaternary nitrogens is 1. The molecule has 4 nitrogen and oxygen atoms in total. The lowest BCUT2D eigenvalue weighted by Gasteiger charge is -2.31. The smallest absolute Gasteiger partial charge is 0.281 e. The minimum atomic E-state index is 0.0291. The van der Waals surface area contributed by atoms with Crippen molar-refractivity contribution in [3.8, 4) is 0 Å². The van der Waals surface area contributed by atoms with Gasteiger partial charge in [0.05, 0.1) is 24.5 Å². The van der Waals surface area contributed by atoms with Crippen molar-refractivity contribution in [3.63, 3.8) is 0 Å². The lowest BCUT2D eigenvalue weighted by atomic mass is 9.95. The summed E-state index contributed by atoms with van der Waals surface area (Å²) in [6.45, 7) is 2.91. The first-order chi connectivity index (χ1) is 14.7. The number of aryl methyl sites for hydroxylation is 1. The van der Waals surface area contributed by atoms with Crippen LogP contribution in [0.25, 0.3) is 0 Å². The Kier molecular flexibility index (Phi) is 6.63. The molecule has 2 aromatic carbocycles. The van der Waals surface area contributed by atoms with Crippen molar-refractivity contribution in [2.75, 3.05) is 18.6 Å². The molecular formula is C26H34N3O+. The molecule has 1 heterocycles. The van der Waals surface area contributed by atoms with Gasteiger partial charge in [0.15, 0.2) is 6.67 Å². The molecule has 2 aromatic rings. The topological polar surface area (TPSA) is 37.1 Å². The van der Waals surface area contributed by atoms with Crippen molar-refractivity contribution >= 4 is 23.0 Å². The van der Waals surface area contributed by atoms with Crippen molar-refractivity contribution in [3.05, 3.63) is 59.7 Å². The van der Waals surface area contributed by atoms with Crippen LogP contribution in [0.5, 0.6) is 0 Å². The molecule has 1 atom stereocenters. The molecule has 0 spiro atoms. The summed E-state index contributed by atoms with van der Waals surface area (Å²) < 4.78 is 0. The maximum atomic E-state index is 13.4. The van der Waals surface area contributed by atoms with Gasteiger partial charge in [0.1, 0.15) is 5.71 Å². The fourth-order valence-electron chi connectivity index (χ4n) is 4.75. The Balaban J connectivity index is 1.56. The quantitative estimate of drug-likeness (QED) is 0.734. The van der Waals surface area contributed by atoms with Gasteiger partial charge in [-0.2, -0.15) is 0 Å². The molecule has 158 valence electrons. The summed E-state index contributed by atoms with van der Waals surface area (Å²) in [4.78, 5) is 21.5. The summed E-state index contributed by atoms with van der Waals surface area (Å²) in [5, 5.41) is 0. The molecule has 0 radical (unpaired) electrons. The summed E-state index contributed by atoms with van der Waals surface area (Å²) in [6, 6.07) is 17.1. The highest BCUT2D eigenvalue weighted by Crippen LogP contribution is 2.30. The fraction of sp³-hybridized carbons (Fsp3) is 0.462. The van der Waals surface area contributed by atoms with Gasteiger partial charge >= 0.3 is 0 Å². The third-order valence-electron chi connectivity index (χ3n) is 6.60. The number of hydrogen-bond donors (Lipinski definition) is 1. The van der Waals surface area contributed by atoms with Gasteiger partial charge in [-0.3, -0.25) is 9.69 Å². The molecule has 1 amide bonds. The molecule has 4 heteroatoms. The van der Waals surface area contributed by atoms with Crippen molar-refractivity contribution in [1.29, 1.82) is 0 Å². The molecule has 1 aliphatic heterocycles. The van der Waals surface area contributed by atoms with Crippen LogP contribution in [0, 0.1) is 0 Å². The number of aliphatic imine (C=N–C) groups is 1. The Hall–Kier alpha value is -2.46. The number of nitrogens with zero attached hydrogens (tertiary/aromatic N) is 2. The summed E-state index contributed by atoms with van der Waals surface area (Å²) in [6.07, 6.45) is 10.00. The number of amides is 1. The van der Waals surface area contributed by atoms with Gasteiger partial charge in [0, 0.05) is 5.56 Å². The molecule has 1 N–H and O–H groups in total. The number of hydrogen-bond acceptors (Lipinski definition) is 2. The minimum absolute atomic E-state index is 0.0291. The molecule has 1 saturated carbocycles. The molecule has 0 aromatic heterocycles. The van der Waals surface area contributed by atoms with Crippen LogP contribution in [0.1, 0.15) is 63.0 Å². The molecule has 1 fully saturated rings. The summed E-state index contributed by atoms with van der Waals surface area (Å²) in [5.41, 5.74) is 4.70. The third-order valence-corrected chi connectivity index (χ3v) is 6.60. The number of nitrogens with one attached hydrogen (secondary N) is 1. The zero-order valence-corrected chi connectivity index (χ0v) is 18.4. The predicted octanol–water partition coefficient (Wildman–Crippen LogP) is 4.30. The van der Waals surface area contributed by atoms with E-state index in [1.165, 1.54) is 55.4 Å². The SMILES string of the molecule is CCCCc1ccc(N=C2C(=O)N(C[NH+](C)C3CCCCC3)c3ccccc32)cc1. The second-order valence-corrected chi connectivity index (χ2v) is 8.82. The van der Waals surface area contributed by atoms with E-state index in [1.807, 2.05) is 35.2 Å². The number of fused-ring (bicyclic) bond motifs is 1. The van der Waals surface area contributed by atoms with Crippen molar-refractivity contribution in [2.24, 2.45) is 4.99 Å². The van der Waals surface area contributed by atoms with Gasteiger partial charge in [0.2, 0.25) is 0 Å². The lowest BCUT2D eigenvalue weighted by molar-refractivity contribution is -0.906. The Morgan fingerprint density at radius 1 is 1.03 bits per heavy atom. The average molecular weight is 405 g/mol. The number of rotatable bonds is 7. The lowest BCUT2D eigenvalue weighted by Crippen LogP contribution is -3.14. The summed E-state index contributed by atoms with van der Waals surface area (Å²) >= 11 is 0. The monoisotopic (exact) mass is 404 g/mol. The highest BCUT2D eigenvalue weighted by molar-refractivity contribution is 6.54. The second kappa shape index (κ2) is 9.57. The molecule has 30 heavy (non-hydrogen) atoms. The van der Waals surface area contributed by atoms with Crippen molar-refractivity contribution in [1.82, 2.24) is 0 Å². The first-order valence-corrected chi connectivity index (χ1v) is 11.6. The molecule has 1 unspecified atom stereocenters. The third kappa shape index (κ3) is 4.49. The van der Waals surface area contributed by atoms with E-state index in [-0.39, 0.29) is 5.91 Å². The largest absolute Gasteiger partial charge is 0.317 e. The van der Waals surface area contributed by atoms with E-state index in [9.17, 15) is 4.79 Å². The van der Waals surface area contributed by atoms with E-state index in [0.29, 0.717) is 18.4 Å². The van der Waals surface area contributed by atoms with Crippen LogP contribution in [-0.2, 0) is 11.2 Å². The van der Waals surface area contributed by atoms with Crippen LogP contribution in [0.2, 0.25) is 0 Å². The maximum Gasteiger partial charge on any atom is 0.281 e. The Morgan fingerprint density at radius 2 is 1.77 bits per heavy atom. The van der Waals surface area contributed by atoms with E-state index in [4.69, 9.17) is 4.99 Å². The number of anilines is 1. The Labute approximate surface area is 180 Å². The molecule has 2 aliphatic rings. The normalized spacial score (nSPS) is 19.3. The van der Waals surface area contributed by atoms with E-state index in [2.05, 4.69) is 32.2 Å². The number of unbranched alkanes of at least 4 members (excludes halogenated alkanes) is 1. The Morgan fingerprint density at radius 3 is 2.50 bits per heavy atom. The summed E-state index contributed by atoms with van der Waals surface area (Å²) in [7, 11) is 2.23. The first kappa shape index (κ1) is 20.8. The highest BCUT2D eigenvalue weighted by atomic mass is 16.2. The van der Waals surface area contributed by atoms with E-state index < -0.39 is 0 Å². The maximum absolute atomic E-state index is 13.4. The van der Waals surface area contributed by atoms with Crippen LogP contribution in [-0.4, -0.2) is 31.4 Å². The standard InChI is InChI=1S/C26H33N3O/c1-3-4-10-20-15-17-21(18-16-20)27-25-23-13-8-9-14-24(23)29(26(25)30)19-28(2)22-11-6-5-7-12-22/h8-9,13-18,22H,3-7,10-12,19H2,1-2H3/p+1. The van der Waals surface area contributed by atoms with Crippen LogP contribution in [0.3, 0.4) is 0 Å². The number of benzene rings is 2. The molecule has 0 bridgehead atoms. The highest BCUT2D eigenvalue weighted by Gasteiger charge is 2.36. The van der Waals surface area contributed by atoms with Gasteiger partial charge in [-0.05, 0) is 62.3 Å². The van der Waals surface area contributed by atoms with Crippen LogP contribution < -0.4 is 9.80 Å². The van der Waals surface area contributed by atoms with Crippen LogP contribution in [0.15, 0.2) is 53.5 Å². The number of carbonyl (C=O) groups excluding carboxylic acids is 1.